The van der Waals surface area contributed by atoms with E-state index in [1.807, 2.05) is 11.8 Å². The molecule has 7 heteroatoms. The Morgan fingerprint density at radius 1 is 1.24 bits per heavy atom. The summed E-state index contributed by atoms with van der Waals surface area (Å²) in [5.74, 6) is -1.26. The van der Waals surface area contributed by atoms with E-state index in [4.69, 9.17) is 0 Å². The average molecular weight is 351 g/mol. The van der Waals surface area contributed by atoms with Crippen LogP contribution in [0.2, 0.25) is 0 Å². The molecule has 0 bridgehead atoms. The summed E-state index contributed by atoms with van der Waals surface area (Å²) in [4.78, 5) is 27.8. The maximum absolute atomic E-state index is 13.7. The van der Waals surface area contributed by atoms with Crippen LogP contribution in [0.25, 0.3) is 0 Å². The smallest absolute Gasteiger partial charge is 0.321 e. The number of nitrogens with one attached hydrogen (secondary N) is 1. The van der Waals surface area contributed by atoms with Crippen LogP contribution in [0.15, 0.2) is 18.2 Å². The molecule has 3 amide bonds. The number of urea groups is 1. The molecule has 0 saturated carbocycles. The molecule has 1 aromatic rings. The number of hydrogen-bond acceptors (Lipinski definition) is 2. The maximum Gasteiger partial charge on any atom is 0.321 e. The minimum Gasteiger partial charge on any atom is -0.342 e. The van der Waals surface area contributed by atoms with Gasteiger partial charge in [-0.05, 0) is 43.7 Å². The normalized spacial score (nSPS) is 20.0. The van der Waals surface area contributed by atoms with Gasteiger partial charge in [-0.15, -0.1) is 0 Å². The molecule has 0 aromatic heterocycles. The molecule has 136 valence electrons. The minimum absolute atomic E-state index is 0.0212. The highest BCUT2D eigenvalue weighted by Gasteiger charge is 2.41. The van der Waals surface area contributed by atoms with E-state index in [2.05, 4.69) is 5.32 Å². The SMILES string of the molecule is CCN1CC2(CCC1=O)CCN(C(=O)Nc1ccc(F)cc1F)CC2. The van der Waals surface area contributed by atoms with Gasteiger partial charge >= 0.3 is 6.03 Å². The van der Waals surface area contributed by atoms with Crippen LogP contribution in [0.5, 0.6) is 0 Å². The second-order valence-corrected chi connectivity index (χ2v) is 6.95. The monoisotopic (exact) mass is 351 g/mol. The van der Waals surface area contributed by atoms with Gasteiger partial charge in [0.25, 0.3) is 0 Å². The summed E-state index contributed by atoms with van der Waals surface area (Å²) >= 11 is 0. The lowest BCUT2D eigenvalue weighted by molar-refractivity contribution is -0.138. The van der Waals surface area contributed by atoms with Crippen molar-refractivity contribution in [3.8, 4) is 0 Å². The summed E-state index contributed by atoms with van der Waals surface area (Å²) in [6, 6.07) is 2.71. The van der Waals surface area contributed by atoms with E-state index in [9.17, 15) is 18.4 Å². The Hall–Kier alpha value is -2.18. The fraction of sp³-hybridized carbons (Fsp3) is 0.556. The molecule has 0 atom stereocenters. The van der Waals surface area contributed by atoms with E-state index in [1.54, 1.807) is 4.90 Å². The topological polar surface area (TPSA) is 52.7 Å². The zero-order chi connectivity index (χ0) is 18.0. The largest absolute Gasteiger partial charge is 0.342 e. The summed E-state index contributed by atoms with van der Waals surface area (Å²) in [5.41, 5.74) is 0.0639. The van der Waals surface area contributed by atoms with Gasteiger partial charge in [0.15, 0.2) is 0 Å². The van der Waals surface area contributed by atoms with Crippen LogP contribution < -0.4 is 5.32 Å². The lowest BCUT2D eigenvalue weighted by Gasteiger charge is -2.47. The quantitative estimate of drug-likeness (QED) is 0.889. The Kier molecular flexibility index (Phi) is 4.92. The van der Waals surface area contributed by atoms with E-state index in [-0.39, 0.29) is 23.0 Å². The van der Waals surface area contributed by atoms with E-state index in [0.717, 1.165) is 37.9 Å². The number of hydrogen-bond donors (Lipinski definition) is 1. The number of benzene rings is 1. The summed E-state index contributed by atoms with van der Waals surface area (Å²) in [5, 5.41) is 2.51. The Morgan fingerprint density at radius 3 is 2.60 bits per heavy atom. The molecule has 2 fully saturated rings. The molecular formula is C18H23F2N3O2. The molecule has 2 heterocycles. The van der Waals surface area contributed by atoms with Crippen LogP contribution in [0, 0.1) is 17.0 Å². The van der Waals surface area contributed by atoms with Crippen molar-refractivity contribution in [3.05, 3.63) is 29.8 Å². The minimum atomic E-state index is -0.786. The van der Waals surface area contributed by atoms with Gasteiger partial charge < -0.3 is 15.1 Å². The third-order valence-electron chi connectivity index (χ3n) is 5.41. The number of rotatable bonds is 2. The van der Waals surface area contributed by atoms with Crippen LogP contribution in [-0.2, 0) is 4.79 Å². The number of halogens is 2. The summed E-state index contributed by atoms with van der Waals surface area (Å²) in [6.07, 6.45) is 3.09. The second kappa shape index (κ2) is 6.98. The molecule has 1 spiro atoms. The van der Waals surface area contributed by atoms with Gasteiger partial charge in [0.1, 0.15) is 11.6 Å². The molecule has 0 unspecified atom stereocenters. The maximum atomic E-state index is 13.7. The molecule has 2 aliphatic heterocycles. The van der Waals surface area contributed by atoms with Crippen molar-refractivity contribution < 1.29 is 18.4 Å². The van der Waals surface area contributed by atoms with Gasteiger partial charge in [-0.3, -0.25) is 4.79 Å². The molecule has 1 aromatic carbocycles. The molecule has 3 rings (SSSR count). The van der Waals surface area contributed by atoms with Crippen LogP contribution in [-0.4, -0.2) is 47.9 Å². The Balaban J connectivity index is 1.58. The van der Waals surface area contributed by atoms with Gasteiger partial charge in [0.2, 0.25) is 5.91 Å². The number of likely N-dealkylation sites (tertiary alicyclic amines) is 2. The Labute approximate surface area is 146 Å². The Bertz CT molecular complexity index is 672. The second-order valence-electron chi connectivity index (χ2n) is 6.95. The molecule has 2 aliphatic rings. The van der Waals surface area contributed by atoms with Crippen molar-refractivity contribution in [2.45, 2.75) is 32.6 Å². The summed E-state index contributed by atoms with van der Waals surface area (Å²) in [7, 11) is 0. The zero-order valence-electron chi connectivity index (χ0n) is 14.4. The predicted molar refractivity (Wildman–Crippen MR) is 90.1 cm³/mol. The summed E-state index contributed by atoms with van der Waals surface area (Å²) in [6.45, 7) is 4.59. The van der Waals surface area contributed by atoms with Crippen LogP contribution in [0.4, 0.5) is 19.3 Å². The predicted octanol–water partition coefficient (Wildman–Crippen LogP) is 3.22. The fourth-order valence-corrected chi connectivity index (χ4v) is 3.77. The number of anilines is 1. The first-order valence-corrected chi connectivity index (χ1v) is 8.71. The van der Waals surface area contributed by atoms with E-state index in [0.29, 0.717) is 26.1 Å². The molecule has 0 radical (unpaired) electrons. The highest BCUT2D eigenvalue weighted by molar-refractivity contribution is 5.89. The highest BCUT2D eigenvalue weighted by Crippen LogP contribution is 2.40. The lowest BCUT2D eigenvalue weighted by atomic mass is 9.72. The number of carbonyl (C=O) groups excluding carboxylic acids is 2. The third kappa shape index (κ3) is 3.75. The fourth-order valence-electron chi connectivity index (χ4n) is 3.77. The van der Waals surface area contributed by atoms with Gasteiger partial charge in [-0.2, -0.15) is 0 Å². The van der Waals surface area contributed by atoms with Gasteiger partial charge in [-0.1, -0.05) is 0 Å². The van der Waals surface area contributed by atoms with Crippen molar-refractivity contribution in [2.75, 3.05) is 31.5 Å². The first-order chi connectivity index (χ1) is 11.9. The van der Waals surface area contributed by atoms with Crippen molar-refractivity contribution in [1.82, 2.24) is 9.80 Å². The highest BCUT2D eigenvalue weighted by atomic mass is 19.1. The average Bonchev–Trinajstić information content (AvgIpc) is 2.60. The molecule has 25 heavy (non-hydrogen) atoms. The Morgan fingerprint density at radius 2 is 1.96 bits per heavy atom. The number of amides is 3. The van der Waals surface area contributed by atoms with Gasteiger partial charge in [-0.25, -0.2) is 13.6 Å². The lowest BCUT2D eigenvalue weighted by Crippen LogP contribution is -2.52. The first kappa shape index (κ1) is 17.6. The van der Waals surface area contributed by atoms with Crippen molar-refractivity contribution in [1.29, 1.82) is 0 Å². The molecule has 5 nitrogen and oxygen atoms in total. The molecule has 2 saturated heterocycles. The molecule has 1 N–H and O–H groups in total. The summed E-state index contributed by atoms with van der Waals surface area (Å²) < 4.78 is 26.6. The van der Waals surface area contributed by atoms with Gasteiger partial charge in [0, 0.05) is 38.7 Å². The van der Waals surface area contributed by atoms with E-state index < -0.39 is 11.6 Å². The first-order valence-electron chi connectivity index (χ1n) is 8.71. The van der Waals surface area contributed by atoms with Crippen LogP contribution in [0.3, 0.4) is 0 Å². The zero-order valence-corrected chi connectivity index (χ0v) is 14.4. The van der Waals surface area contributed by atoms with Crippen molar-refractivity contribution in [2.24, 2.45) is 5.41 Å². The van der Waals surface area contributed by atoms with Gasteiger partial charge in [0.05, 0.1) is 5.69 Å². The number of carbonyl (C=O) groups is 2. The van der Waals surface area contributed by atoms with Crippen LogP contribution in [0.1, 0.15) is 32.6 Å². The molecule has 0 aliphatic carbocycles. The standard InChI is InChI=1S/C18H23F2N3O2/c1-2-22-12-18(6-5-16(22)24)7-9-23(10-8-18)17(25)21-15-4-3-13(19)11-14(15)20/h3-4,11H,2,5-10,12H2,1H3,(H,21,25). The van der Waals surface area contributed by atoms with Crippen molar-refractivity contribution >= 4 is 17.6 Å². The van der Waals surface area contributed by atoms with E-state index in [1.165, 1.54) is 6.07 Å². The number of nitrogens with zero attached hydrogens (tertiary/aromatic N) is 2. The van der Waals surface area contributed by atoms with Crippen molar-refractivity contribution in [3.63, 3.8) is 0 Å². The van der Waals surface area contributed by atoms with Crippen LogP contribution >= 0.6 is 0 Å². The third-order valence-corrected chi connectivity index (χ3v) is 5.41. The molecular weight excluding hydrogens is 328 g/mol. The van der Waals surface area contributed by atoms with E-state index >= 15 is 0 Å². The number of piperidine rings is 2.